The molecule has 0 atom stereocenters. The molecule has 0 fully saturated rings. The zero-order chi connectivity index (χ0) is 19.2. The Bertz CT molecular complexity index is 940. The third-order valence-electron chi connectivity index (χ3n) is 3.80. The van der Waals surface area contributed by atoms with Crippen molar-refractivity contribution in [1.29, 1.82) is 0 Å². The molecule has 0 radical (unpaired) electrons. The second kappa shape index (κ2) is 8.37. The molecule has 0 unspecified atom stereocenters. The van der Waals surface area contributed by atoms with Crippen LogP contribution in [0.3, 0.4) is 0 Å². The number of amides is 1. The van der Waals surface area contributed by atoms with E-state index in [1.54, 1.807) is 0 Å². The number of ether oxygens (including phenoxy) is 1. The number of halogens is 1. The fraction of sp³-hybridized carbons (Fsp3) is 0.105. The normalized spacial score (nSPS) is 10.4. The molecular formula is C19H16ClN3O4. The van der Waals surface area contributed by atoms with Crippen LogP contribution in [0.5, 0.6) is 5.75 Å². The highest BCUT2D eigenvalue weighted by atomic mass is 35.5. The average Bonchev–Trinajstić information content (AvgIpc) is 3.20. The minimum atomic E-state index is -0.576. The molecule has 1 heterocycles. The Balaban J connectivity index is 1.51. The van der Waals surface area contributed by atoms with Crippen LogP contribution in [0, 0.1) is 10.1 Å². The van der Waals surface area contributed by atoms with E-state index in [4.69, 9.17) is 16.3 Å². The number of nitro groups is 1. The highest BCUT2D eigenvalue weighted by Crippen LogP contribution is 2.22. The molecule has 3 rings (SSSR count). The molecule has 27 heavy (non-hydrogen) atoms. The van der Waals surface area contributed by atoms with Gasteiger partial charge in [-0.15, -0.1) is 0 Å². The lowest BCUT2D eigenvalue weighted by Crippen LogP contribution is -2.28. The van der Waals surface area contributed by atoms with Gasteiger partial charge in [0.15, 0.2) is 0 Å². The first-order chi connectivity index (χ1) is 13.0. The van der Waals surface area contributed by atoms with Gasteiger partial charge in [-0.25, -0.2) is 0 Å². The largest absolute Gasteiger partial charge is 0.492 e. The Morgan fingerprint density at radius 2 is 1.85 bits per heavy atom. The first kappa shape index (κ1) is 18.5. The monoisotopic (exact) mass is 385 g/mol. The van der Waals surface area contributed by atoms with Gasteiger partial charge in [0.25, 0.3) is 11.6 Å². The molecule has 0 saturated heterocycles. The Hall–Kier alpha value is -3.32. The molecule has 0 aliphatic carbocycles. The van der Waals surface area contributed by atoms with Gasteiger partial charge in [0, 0.05) is 30.2 Å². The Morgan fingerprint density at radius 3 is 2.52 bits per heavy atom. The molecule has 0 spiro atoms. The second-order valence-electron chi connectivity index (χ2n) is 5.61. The third kappa shape index (κ3) is 4.65. The molecule has 0 bridgehead atoms. The molecule has 8 heteroatoms. The SMILES string of the molecule is O=C(NCCOc1ccc(-n2cccc2)cc1)c1cc([N+](=O)[O-])ccc1Cl. The second-order valence-corrected chi connectivity index (χ2v) is 6.02. The van der Waals surface area contributed by atoms with Gasteiger partial charge >= 0.3 is 0 Å². The number of carbonyl (C=O) groups excluding carboxylic acids is 1. The number of nitro benzene ring substituents is 1. The molecule has 2 aromatic carbocycles. The van der Waals surface area contributed by atoms with E-state index in [-0.39, 0.29) is 29.4 Å². The fourth-order valence-corrected chi connectivity index (χ4v) is 2.65. The zero-order valence-electron chi connectivity index (χ0n) is 14.2. The van der Waals surface area contributed by atoms with Crippen molar-refractivity contribution in [3.63, 3.8) is 0 Å². The summed E-state index contributed by atoms with van der Waals surface area (Å²) in [4.78, 5) is 22.4. The summed E-state index contributed by atoms with van der Waals surface area (Å²) in [7, 11) is 0. The summed E-state index contributed by atoms with van der Waals surface area (Å²) >= 11 is 5.94. The van der Waals surface area contributed by atoms with Crippen molar-refractivity contribution in [2.75, 3.05) is 13.2 Å². The molecule has 0 aliphatic heterocycles. The summed E-state index contributed by atoms with van der Waals surface area (Å²) < 4.78 is 7.57. The minimum Gasteiger partial charge on any atom is -0.492 e. The van der Waals surface area contributed by atoms with Crippen LogP contribution in [-0.4, -0.2) is 28.5 Å². The van der Waals surface area contributed by atoms with E-state index in [0.717, 1.165) is 11.8 Å². The highest BCUT2D eigenvalue weighted by molar-refractivity contribution is 6.33. The smallest absolute Gasteiger partial charge is 0.270 e. The summed E-state index contributed by atoms with van der Waals surface area (Å²) in [6.07, 6.45) is 3.90. The van der Waals surface area contributed by atoms with Crippen molar-refractivity contribution in [3.05, 3.63) is 87.7 Å². The standard InChI is InChI=1S/C19H16ClN3O4/c20-18-8-5-15(23(25)26)13-17(18)19(24)21-9-12-27-16-6-3-14(4-7-16)22-10-1-2-11-22/h1-8,10-11,13H,9,12H2,(H,21,24). The molecule has 1 aromatic heterocycles. The van der Waals surface area contributed by atoms with Crippen LogP contribution in [-0.2, 0) is 0 Å². The van der Waals surface area contributed by atoms with Crippen LogP contribution in [0.4, 0.5) is 5.69 Å². The Morgan fingerprint density at radius 1 is 1.15 bits per heavy atom. The summed E-state index contributed by atoms with van der Waals surface area (Å²) in [5.74, 6) is 0.184. The van der Waals surface area contributed by atoms with Gasteiger partial charge in [0.1, 0.15) is 12.4 Å². The predicted molar refractivity (Wildman–Crippen MR) is 102 cm³/mol. The fourth-order valence-electron chi connectivity index (χ4n) is 2.45. The lowest BCUT2D eigenvalue weighted by Gasteiger charge is -2.09. The summed E-state index contributed by atoms with van der Waals surface area (Å²) in [5.41, 5.74) is 0.881. The summed E-state index contributed by atoms with van der Waals surface area (Å²) in [6.45, 7) is 0.484. The number of hydrogen-bond acceptors (Lipinski definition) is 4. The lowest BCUT2D eigenvalue weighted by molar-refractivity contribution is -0.384. The number of rotatable bonds is 7. The van der Waals surface area contributed by atoms with E-state index in [0.29, 0.717) is 5.75 Å². The van der Waals surface area contributed by atoms with E-state index in [2.05, 4.69) is 5.32 Å². The summed E-state index contributed by atoms with van der Waals surface area (Å²) in [5, 5.41) is 13.6. The number of aromatic nitrogens is 1. The number of carbonyl (C=O) groups is 1. The lowest BCUT2D eigenvalue weighted by atomic mass is 10.2. The first-order valence-electron chi connectivity index (χ1n) is 8.13. The van der Waals surface area contributed by atoms with Gasteiger partial charge in [-0.2, -0.15) is 0 Å². The Kier molecular flexibility index (Phi) is 5.73. The Labute approximate surface area is 160 Å². The molecule has 0 saturated carbocycles. The van der Waals surface area contributed by atoms with Crippen molar-refractivity contribution in [2.24, 2.45) is 0 Å². The van der Waals surface area contributed by atoms with Crippen molar-refractivity contribution >= 4 is 23.2 Å². The van der Waals surface area contributed by atoms with Crippen LogP contribution in [0.1, 0.15) is 10.4 Å². The minimum absolute atomic E-state index is 0.0574. The van der Waals surface area contributed by atoms with Crippen LogP contribution in [0.25, 0.3) is 5.69 Å². The van der Waals surface area contributed by atoms with Crippen molar-refractivity contribution in [3.8, 4) is 11.4 Å². The quantitative estimate of drug-likeness (QED) is 0.380. The average molecular weight is 386 g/mol. The molecule has 138 valence electrons. The van der Waals surface area contributed by atoms with Crippen LogP contribution in [0.15, 0.2) is 67.0 Å². The van der Waals surface area contributed by atoms with Crippen molar-refractivity contribution < 1.29 is 14.5 Å². The van der Waals surface area contributed by atoms with E-state index in [1.165, 1.54) is 12.1 Å². The van der Waals surface area contributed by atoms with Crippen LogP contribution >= 0.6 is 11.6 Å². The van der Waals surface area contributed by atoms with Gasteiger partial charge in [-0.05, 0) is 42.5 Å². The maximum Gasteiger partial charge on any atom is 0.270 e. The van der Waals surface area contributed by atoms with Crippen molar-refractivity contribution in [1.82, 2.24) is 9.88 Å². The van der Waals surface area contributed by atoms with Crippen molar-refractivity contribution in [2.45, 2.75) is 0 Å². The molecule has 1 N–H and O–H groups in total. The van der Waals surface area contributed by atoms with E-state index in [1.807, 2.05) is 53.4 Å². The molecule has 3 aromatic rings. The maximum absolute atomic E-state index is 12.2. The van der Waals surface area contributed by atoms with Crippen LogP contribution < -0.4 is 10.1 Å². The maximum atomic E-state index is 12.2. The van der Waals surface area contributed by atoms with Gasteiger partial charge in [-0.1, -0.05) is 11.6 Å². The topological polar surface area (TPSA) is 86.4 Å². The molecular weight excluding hydrogens is 370 g/mol. The molecule has 7 nitrogen and oxygen atoms in total. The van der Waals surface area contributed by atoms with Gasteiger partial charge in [0.05, 0.1) is 22.1 Å². The third-order valence-corrected chi connectivity index (χ3v) is 4.13. The predicted octanol–water partition coefficient (Wildman–Crippen LogP) is 3.85. The zero-order valence-corrected chi connectivity index (χ0v) is 14.9. The molecule has 0 aliphatic rings. The van der Waals surface area contributed by atoms with Gasteiger partial charge in [-0.3, -0.25) is 14.9 Å². The number of non-ortho nitro benzene ring substituents is 1. The van der Waals surface area contributed by atoms with E-state index >= 15 is 0 Å². The number of nitrogens with zero attached hydrogens (tertiary/aromatic N) is 2. The number of nitrogens with one attached hydrogen (secondary N) is 1. The highest BCUT2D eigenvalue weighted by Gasteiger charge is 2.15. The van der Waals surface area contributed by atoms with Gasteiger partial charge in [0.2, 0.25) is 0 Å². The van der Waals surface area contributed by atoms with Crippen LogP contribution in [0.2, 0.25) is 5.02 Å². The number of hydrogen-bond donors (Lipinski definition) is 1. The van der Waals surface area contributed by atoms with Gasteiger partial charge < -0.3 is 14.6 Å². The summed E-state index contributed by atoms with van der Waals surface area (Å²) in [6, 6.07) is 15.2. The number of benzene rings is 2. The first-order valence-corrected chi connectivity index (χ1v) is 8.51. The van der Waals surface area contributed by atoms with E-state index < -0.39 is 10.8 Å². The van der Waals surface area contributed by atoms with E-state index in [9.17, 15) is 14.9 Å². The molecule has 1 amide bonds.